The van der Waals surface area contributed by atoms with Crippen molar-refractivity contribution in [2.75, 3.05) is 0 Å². The van der Waals surface area contributed by atoms with Gasteiger partial charge in [0.2, 0.25) is 0 Å². The maximum Gasteiger partial charge on any atom is 0.403 e. The van der Waals surface area contributed by atoms with E-state index in [1.165, 1.54) is 0 Å². The molecule has 0 amide bonds. The summed E-state index contributed by atoms with van der Waals surface area (Å²) in [6, 6.07) is 0. The molecule has 1 rings (SSSR count). The Kier molecular flexibility index (Phi) is 2.13. The van der Waals surface area contributed by atoms with Crippen LogP contribution in [0.1, 0.15) is 6.92 Å². The molecule has 0 spiro atoms. The van der Waals surface area contributed by atoms with E-state index in [0.29, 0.717) is 0 Å². The lowest BCUT2D eigenvalue weighted by Crippen LogP contribution is -2.41. The molecule has 1 saturated heterocycles. The van der Waals surface area contributed by atoms with E-state index in [1.807, 2.05) is 0 Å². The second kappa shape index (κ2) is 2.65. The Hall–Kier alpha value is -0.270. The Morgan fingerprint density at radius 3 is 2.27 bits per heavy atom. The third kappa shape index (κ3) is 1.85. The van der Waals surface area contributed by atoms with Crippen LogP contribution in [0.2, 0.25) is 0 Å². The summed E-state index contributed by atoms with van der Waals surface area (Å²) in [6.45, 7) is 1.11. The first-order chi connectivity index (χ1) is 4.92. The standard InChI is InChI=1S/C4H6F2O4S/c1-2-3(5)4(6)10-11(7,8)9-2/h2-4H,1H3. The Morgan fingerprint density at radius 1 is 1.27 bits per heavy atom. The largest absolute Gasteiger partial charge is 0.403 e. The predicted octanol–water partition coefficient (Wildman–Crippen LogP) is 0.300. The summed E-state index contributed by atoms with van der Waals surface area (Å²) < 4.78 is 53.0. The molecule has 7 heteroatoms. The summed E-state index contributed by atoms with van der Waals surface area (Å²) in [4.78, 5) is 0. The molecule has 0 aromatic heterocycles. The van der Waals surface area contributed by atoms with E-state index < -0.39 is 29.0 Å². The van der Waals surface area contributed by atoms with Gasteiger partial charge in [-0.15, -0.1) is 0 Å². The summed E-state index contributed by atoms with van der Waals surface area (Å²) in [7, 11) is -4.33. The van der Waals surface area contributed by atoms with Crippen LogP contribution in [-0.4, -0.2) is 27.1 Å². The van der Waals surface area contributed by atoms with E-state index in [4.69, 9.17) is 0 Å². The van der Waals surface area contributed by atoms with Crippen molar-refractivity contribution in [1.82, 2.24) is 0 Å². The Balaban J connectivity index is 2.78. The van der Waals surface area contributed by atoms with Crippen molar-refractivity contribution >= 4 is 10.4 Å². The first-order valence-electron chi connectivity index (χ1n) is 2.82. The van der Waals surface area contributed by atoms with Gasteiger partial charge in [0.15, 0.2) is 6.17 Å². The predicted molar refractivity (Wildman–Crippen MR) is 30.3 cm³/mol. The van der Waals surface area contributed by atoms with Crippen molar-refractivity contribution in [3.05, 3.63) is 0 Å². The molecule has 0 saturated carbocycles. The Labute approximate surface area is 62.4 Å². The third-order valence-electron chi connectivity index (χ3n) is 1.18. The number of rotatable bonds is 0. The second-order valence-electron chi connectivity index (χ2n) is 2.10. The third-order valence-corrected chi connectivity index (χ3v) is 2.14. The zero-order valence-electron chi connectivity index (χ0n) is 5.53. The number of hydrogen-bond acceptors (Lipinski definition) is 4. The SMILES string of the molecule is CC1OS(=O)(=O)OC(F)C1F. The maximum absolute atomic E-state index is 12.4. The van der Waals surface area contributed by atoms with Crippen LogP contribution >= 0.6 is 0 Å². The van der Waals surface area contributed by atoms with Crippen molar-refractivity contribution in [2.45, 2.75) is 25.6 Å². The van der Waals surface area contributed by atoms with Gasteiger partial charge in [-0.3, -0.25) is 0 Å². The molecule has 1 fully saturated rings. The minimum Gasteiger partial charge on any atom is -0.242 e. The van der Waals surface area contributed by atoms with Crippen LogP contribution in [-0.2, 0) is 18.8 Å². The van der Waals surface area contributed by atoms with Gasteiger partial charge in [0.1, 0.15) is 6.10 Å². The smallest absolute Gasteiger partial charge is 0.242 e. The molecule has 0 aromatic carbocycles. The van der Waals surface area contributed by atoms with Crippen LogP contribution < -0.4 is 0 Å². The van der Waals surface area contributed by atoms with Crippen molar-refractivity contribution in [3.63, 3.8) is 0 Å². The van der Waals surface area contributed by atoms with Gasteiger partial charge in [0.25, 0.3) is 6.36 Å². The van der Waals surface area contributed by atoms with Crippen LogP contribution in [0, 0.1) is 0 Å². The highest BCUT2D eigenvalue weighted by Crippen LogP contribution is 2.23. The number of alkyl halides is 2. The zero-order valence-corrected chi connectivity index (χ0v) is 6.35. The summed E-state index contributed by atoms with van der Waals surface area (Å²) >= 11 is 0. The van der Waals surface area contributed by atoms with Gasteiger partial charge in [0.05, 0.1) is 0 Å². The molecule has 1 aliphatic rings. The highest BCUT2D eigenvalue weighted by atomic mass is 32.3. The van der Waals surface area contributed by atoms with E-state index in [2.05, 4.69) is 8.37 Å². The molecular weight excluding hydrogens is 182 g/mol. The average Bonchev–Trinajstić information content (AvgIpc) is 1.81. The normalized spacial score (nSPS) is 43.7. The zero-order chi connectivity index (χ0) is 8.65. The van der Waals surface area contributed by atoms with Crippen LogP contribution in [0.25, 0.3) is 0 Å². The van der Waals surface area contributed by atoms with E-state index in [0.717, 1.165) is 6.92 Å². The summed E-state index contributed by atoms with van der Waals surface area (Å²) in [5, 5.41) is 0. The molecule has 3 unspecified atom stereocenters. The molecule has 3 atom stereocenters. The van der Waals surface area contributed by atoms with E-state index >= 15 is 0 Å². The molecule has 66 valence electrons. The molecule has 0 aromatic rings. The van der Waals surface area contributed by atoms with Crippen molar-refractivity contribution in [3.8, 4) is 0 Å². The lowest BCUT2D eigenvalue weighted by molar-refractivity contribution is -0.0883. The number of halogens is 2. The quantitative estimate of drug-likeness (QED) is 0.548. The maximum atomic E-state index is 12.4. The second-order valence-corrected chi connectivity index (χ2v) is 3.30. The molecule has 0 radical (unpaired) electrons. The first-order valence-corrected chi connectivity index (χ1v) is 4.15. The topological polar surface area (TPSA) is 52.6 Å². The van der Waals surface area contributed by atoms with Gasteiger partial charge in [-0.05, 0) is 6.92 Å². The molecule has 0 bridgehead atoms. The highest BCUT2D eigenvalue weighted by molar-refractivity contribution is 7.81. The molecule has 11 heavy (non-hydrogen) atoms. The molecule has 1 heterocycles. The fourth-order valence-electron chi connectivity index (χ4n) is 0.640. The number of hydrogen-bond donors (Lipinski definition) is 0. The molecule has 1 aliphatic heterocycles. The van der Waals surface area contributed by atoms with Crippen LogP contribution in [0.5, 0.6) is 0 Å². The Morgan fingerprint density at radius 2 is 1.82 bits per heavy atom. The van der Waals surface area contributed by atoms with Crippen LogP contribution in [0.4, 0.5) is 8.78 Å². The van der Waals surface area contributed by atoms with Crippen LogP contribution in [0.15, 0.2) is 0 Å². The van der Waals surface area contributed by atoms with E-state index in [9.17, 15) is 17.2 Å². The lowest BCUT2D eigenvalue weighted by atomic mass is 10.2. The van der Waals surface area contributed by atoms with Crippen molar-refractivity contribution < 1.29 is 25.6 Å². The molecule has 4 nitrogen and oxygen atoms in total. The summed E-state index contributed by atoms with van der Waals surface area (Å²) in [6.07, 6.45) is -5.84. The molecular formula is C4H6F2O4S. The molecule has 0 aliphatic carbocycles. The van der Waals surface area contributed by atoms with Gasteiger partial charge in [-0.2, -0.15) is 8.42 Å². The molecule has 0 N–H and O–H groups in total. The van der Waals surface area contributed by atoms with Crippen molar-refractivity contribution in [1.29, 1.82) is 0 Å². The summed E-state index contributed by atoms with van der Waals surface area (Å²) in [5.74, 6) is 0. The van der Waals surface area contributed by atoms with E-state index in [-0.39, 0.29) is 0 Å². The minimum atomic E-state index is -4.33. The van der Waals surface area contributed by atoms with E-state index in [1.54, 1.807) is 0 Å². The first kappa shape index (κ1) is 8.82. The van der Waals surface area contributed by atoms with Crippen molar-refractivity contribution in [2.24, 2.45) is 0 Å². The van der Waals surface area contributed by atoms with Crippen LogP contribution in [0.3, 0.4) is 0 Å². The van der Waals surface area contributed by atoms with Gasteiger partial charge in [-0.1, -0.05) is 0 Å². The van der Waals surface area contributed by atoms with Gasteiger partial charge < -0.3 is 0 Å². The Bertz CT molecular complexity index is 220. The average molecular weight is 188 g/mol. The fraction of sp³-hybridized carbons (Fsp3) is 1.00. The van der Waals surface area contributed by atoms with Gasteiger partial charge >= 0.3 is 10.4 Å². The van der Waals surface area contributed by atoms with Gasteiger partial charge in [0, 0.05) is 0 Å². The minimum absolute atomic E-state index is 1.11. The lowest BCUT2D eigenvalue weighted by Gasteiger charge is -2.24. The fourth-order valence-corrected chi connectivity index (χ4v) is 1.49. The van der Waals surface area contributed by atoms with Gasteiger partial charge in [-0.25, -0.2) is 17.1 Å². The monoisotopic (exact) mass is 188 g/mol. The highest BCUT2D eigenvalue weighted by Gasteiger charge is 2.40. The summed E-state index contributed by atoms with van der Waals surface area (Å²) in [5.41, 5.74) is 0.